The van der Waals surface area contributed by atoms with Gasteiger partial charge < -0.3 is 9.16 Å². The van der Waals surface area contributed by atoms with Gasteiger partial charge in [0.1, 0.15) is 0 Å². The minimum absolute atomic E-state index is 0.0148. The first-order valence-electron chi connectivity index (χ1n) is 11.5. The van der Waals surface area contributed by atoms with Gasteiger partial charge in [-0.3, -0.25) is 4.79 Å². The third kappa shape index (κ3) is 7.58. The lowest BCUT2D eigenvalue weighted by atomic mass is 9.73. The average Bonchev–Trinajstić information content (AvgIpc) is 2.73. The number of carbonyl (C=O) groups excluding carboxylic acids is 1. The Kier molecular flexibility index (Phi) is 9.51. The number of ketones is 1. The summed E-state index contributed by atoms with van der Waals surface area (Å²) < 4.78 is 12.3. The van der Waals surface area contributed by atoms with Gasteiger partial charge in [-0.25, -0.2) is 0 Å². The summed E-state index contributed by atoms with van der Waals surface area (Å²) in [5.41, 5.74) is 1.95. The fourth-order valence-electron chi connectivity index (χ4n) is 4.82. The molecule has 0 amide bonds. The van der Waals surface area contributed by atoms with Crippen LogP contribution in [-0.2, 0) is 20.4 Å². The van der Waals surface area contributed by atoms with E-state index in [-0.39, 0.29) is 17.8 Å². The van der Waals surface area contributed by atoms with E-state index in [9.17, 15) is 4.79 Å². The van der Waals surface area contributed by atoms with Gasteiger partial charge in [0.25, 0.3) is 0 Å². The highest BCUT2D eigenvalue weighted by Gasteiger charge is 2.48. The zero-order valence-electron chi connectivity index (χ0n) is 18.3. The molecule has 31 heavy (non-hydrogen) atoms. The zero-order valence-corrected chi connectivity index (χ0v) is 21.5. The third-order valence-electron chi connectivity index (χ3n) is 6.56. The molecule has 1 spiro atoms. The number of benzene rings is 1. The molecule has 7 heteroatoms. The topological polar surface area (TPSA) is 35.5 Å². The summed E-state index contributed by atoms with van der Waals surface area (Å²) in [5.74, 6) is 0.201. The van der Waals surface area contributed by atoms with Gasteiger partial charge in [0.15, 0.2) is 5.78 Å². The van der Waals surface area contributed by atoms with E-state index in [1.54, 1.807) is 6.08 Å². The minimum Gasteiger partial charge on any atom is -0.375 e. The summed E-state index contributed by atoms with van der Waals surface area (Å²) in [7, 11) is 0. The lowest BCUT2D eigenvalue weighted by molar-refractivity contribution is -0.151. The van der Waals surface area contributed by atoms with Gasteiger partial charge in [-0.1, -0.05) is 89.8 Å². The van der Waals surface area contributed by atoms with Gasteiger partial charge in [-0.2, -0.15) is 0 Å². The van der Waals surface area contributed by atoms with E-state index < -0.39 is 11.8 Å². The minimum atomic E-state index is -3.23. The second kappa shape index (κ2) is 11.7. The molecule has 3 rings (SSSR count). The molecule has 1 saturated carbocycles. The maximum Gasteiger partial charge on any atom is 0.494 e. The maximum absolute atomic E-state index is 12.8. The standard InChI is InChI=1S/C24H33Cl3O3Si/c1-2-6-19-8-10-20(11-9-19)12-13-22(28)21-14-16-24(17-15-21)23(30-31(25,26)27)7-4-3-5-18-29-24/h8-13,21,23H,2-7,14-18H2,1H3. The molecule has 0 bridgehead atoms. The van der Waals surface area contributed by atoms with Crippen LogP contribution in [0, 0.1) is 5.92 Å². The quantitative estimate of drug-likeness (QED) is 0.223. The van der Waals surface area contributed by atoms with Crippen molar-refractivity contribution in [3.63, 3.8) is 0 Å². The van der Waals surface area contributed by atoms with Crippen LogP contribution < -0.4 is 0 Å². The van der Waals surface area contributed by atoms with Gasteiger partial charge in [0.2, 0.25) is 0 Å². The molecule has 2 fully saturated rings. The van der Waals surface area contributed by atoms with Crippen molar-refractivity contribution < 1.29 is 14.0 Å². The highest BCUT2D eigenvalue weighted by molar-refractivity contribution is 7.62. The van der Waals surface area contributed by atoms with Crippen molar-refractivity contribution in [3.05, 3.63) is 41.5 Å². The van der Waals surface area contributed by atoms with Crippen LogP contribution in [-0.4, -0.2) is 30.3 Å². The fraction of sp³-hybridized carbons (Fsp3) is 0.625. The maximum atomic E-state index is 12.8. The fourth-order valence-corrected chi connectivity index (χ4v) is 6.45. The summed E-state index contributed by atoms with van der Waals surface area (Å²) in [6.45, 7) is 2.88. The summed E-state index contributed by atoms with van der Waals surface area (Å²) in [6.07, 6.45) is 9.56. The third-order valence-corrected chi connectivity index (χ3v) is 7.91. The predicted molar refractivity (Wildman–Crippen MR) is 132 cm³/mol. The highest BCUT2D eigenvalue weighted by atomic mass is 35.8. The molecule has 1 aromatic carbocycles. The Morgan fingerprint density at radius 1 is 1.13 bits per heavy atom. The van der Waals surface area contributed by atoms with Crippen LogP contribution in [0.5, 0.6) is 0 Å². The molecule has 1 aliphatic heterocycles. The van der Waals surface area contributed by atoms with Crippen molar-refractivity contribution in [1.82, 2.24) is 0 Å². The molecule has 1 aromatic rings. The van der Waals surface area contributed by atoms with Crippen LogP contribution >= 0.6 is 33.2 Å². The Labute approximate surface area is 201 Å². The smallest absolute Gasteiger partial charge is 0.375 e. The Morgan fingerprint density at radius 3 is 2.48 bits per heavy atom. The van der Waals surface area contributed by atoms with E-state index >= 15 is 0 Å². The number of rotatable bonds is 7. The van der Waals surface area contributed by atoms with Crippen molar-refractivity contribution in [2.45, 2.75) is 82.8 Å². The number of ether oxygens (including phenoxy) is 1. The van der Waals surface area contributed by atoms with Crippen molar-refractivity contribution in [2.24, 2.45) is 5.92 Å². The normalized spacial score (nSPS) is 27.9. The van der Waals surface area contributed by atoms with Crippen LogP contribution in [0.4, 0.5) is 0 Å². The molecular formula is C24H33Cl3O3Si. The number of carbonyl (C=O) groups is 1. The number of allylic oxidation sites excluding steroid dienone is 1. The molecule has 0 radical (unpaired) electrons. The molecule has 1 heterocycles. The number of halogens is 3. The van der Waals surface area contributed by atoms with Crippen LogP contribution in [0.3, 0.4) is 0 Å². The lowest BCUT2D eigenvalue weighted by Crippen LogP contribution is -2.52. The summed E-state index contributed by atoms with van der Waals surface area (Å²) in [4.78, 5) is 12.8. The second-order valence-electron chi connectivity index (χ2n) is 8.82. The second-order valence-corrected chi connectivity index (χ2v) is 16.5. The van der Waals surface area contributed by atoms with Crippen molar-refractivity contribution in [2.75, 3.05) is 6.61 Å². The van der Waals surface area contributed by atoms with Gasteiger partial charge >= 0.3 is 6.25 Å². The Morgan fingerprint density at radius 2 is 1.84 bits per heavy atom. The first kappa shape index (κ1) is 25.3. The van der Waals surface area contributed by atoms with Gasteiger partial charge in [0, 0.05) is 12.5 Å². The SMILES string of the molecule is CCCc1ccc(C=CC(=O)C2CCC3(CC2)OCCCCCC3O[Si](Cl)(Cl)Cl)cc1. The molecule has 1 aliphatic carbocycles. The predicted octanol–water partition coefficient (Wildman–Crippen LogP) is 7.28. The molecule has 0 N–H and O–H groups in total. The van der Waals surface area contributed by atoms with E-state index in [1.165, 1.54) is 5.56 Å². The van der Waals surface area contributed by atoms with Gasteiger partial charge in [-0.15, -0.1) is 0 Å². The van der Waals surface area contributed by atoms with E-state index in [0.29, 0.717) is 6.61 Å². The van der Waals surface area contributed by atoms with E-state index in [0.717, 1.165) is 69.8 Å². The molecular weight excluding hydrogens is 471 g/mol. The number of hydrogen-bond donors (Lipinski definition) is 0. The van der Waals surface area contributed by atoms with E-state index in [1.807, 2.05) is 6.08 Å². The summed E-state index contributed by atoms with van der Waals surface area (Å²) >= 11 is 18.3. The average molecular weight is 504 g/mol. The Hall–Kier alpha value is -0.363. The van der Waals surface area contributed by atoms with Crippen LogP contribution in [0.15, 0.2) is 30.3 Å². The Bertz CT molecular complexity index is 737. The van der Waals surface area contributed by atoms with Crippen LogP contribution in [0.2, 0.25) is 0 Å². The molecule has 0 aromatic heterocycles. The first-order valence-corrected chi connectivity index (χ1v) is 16.4. The monoisotopic (exact) mass is 502 g/mol. The molecule has 2 aliphatic rings. The van der Waals surface area contributed by atoms with E-state index in [2.05, 4.69) is 31.2 Å². The van der Waals surface area contributed by atoms with Crippen molar-refractivity contribution >= 4 is 51.3 Å². The molecule has 172 valence electrons. The van der Waals surface area contributed by atoms with Crippen molar-refractivity contribution in [3.8, 4) is 0 Å². The van der Waals surface area contributed by atoms with Crippen molar-refractivity contribution in [1.29, 1.82) is 0 Å². The molecule has 3 nitrogen and oxygen atoms in total. The summed E-state index contributed by atoms with van der Waals surface area (Å²) in [6, 6.07) is 8.43. The molecule has 1 unspecified atom stereocenters. The van der Waals surface area contributed by atoms with Crippen LogP contribution in [0.1, 0.15) is 75.8 Å². The first-order chi connectivity index (χ1) is 14.8. The number of aryl methyl sites for hydroxylation is 1. The van der Waals surface area contributed by atoms with Gasteiger partial charge in [0.05, 0.1) is 11.7 Å². The Balaban J connectivity index is 1.61. The largest absolute Gasteiger partial charge is 0.494 e. The van der Waals surface area contributed by atoms with Crippen LogP contribution in [0.25, 0.3) is 6.08 Å². The molecule has 1 saturated heterocycles. The van der Waals surface area contributed by atoms with E-state index in [4.69, 9.17) is 42.4 Å². The lowest BCUT2D eigenvalue weighted by Gasteiger charge is -2.46. The zero-order chi connectivity index (χ0) is 22.3. The highest BCUT2D eigenvalue weighted by Crippen LogP contribution is 2.43. The molecule has 1 atom stereocenters. The van der Waals surface area contributed by atoms with Gasteiger partial charge in [-0.05, 0) is 62.1 Å². The summed E-state index contributed by atoms with van der Waals surface area (Å²) in [5, 5.41) is 0. The number of hydrogen-bond acceptors (Lipinski definition) is 3.